The fraction of sp³-hybridized carbons (Fsp3) is 0.455. The Bertz CT molecular complexity index is 329. The van der Waals surface area contributed by atoms with E-state index >= 15 is 0 Å². The largest absolute Gasteiger partial charge is 0.264 e. The van der Waals surface area contributed by atoms with E-state index in [0.717, 1.165) is 5.56 Å². The number of hydrogen-bond acceptors (Lipinski definition) is 2. The molecular formula is C11H14N2. The molecule has 0 atom stereocenters. The van der Waals surface area contributed by atoms with Gasteiger partial charge in [-0.15, -0.1) is 0 Å². The van der Waals surface area contributed by atoms with Gasteiger partial charge in [0.15, 0.2) is 0 Å². The minimum Gasteiger partial charge on any atom is -0.264 e. The second kappa shape index (κ2) is 3.57. The summed E-state index contributed by atoms with van der Waals surface area (Å²) in [5, 5.41) is 8.63. The molecule has 0 saturated heterocycles. The third-order valence-corrected chi connectivity index (χ3v) is 1.98. The molecule has 68 valence electrons. The number of hydrogen-bond donors (Lipinski definition) is 0. The Morgan fingerprint density at radius 1 is 1.46 bits per heavy atom. The van der Waals surface area contributed by atoms with E-state index in [-0.39, 0.29) is 5.41 Å². The normalized spacial score (nSPS) is 10.9. The highest BCUT2D eigenvalue weighted by Crippen LogP contribution is 2.24. The summed E-state index contributed by atoms with van der Waals surface area (Å²) in [6.07, 6.45) is 4.01. The van der Waals surface area contributed by atoms with E-state index in [1.165, 1.54) is 5.56 Å². The van der Waals surface area contributed by atoms with Crippen LogP contribution in [0.3, 0.4) is 0 Å². The number of pyridine rings is 1. The SMILES string of the molecule is CC(C)(C)c1ccncc1CC#N. The van der Waals surface area contributed by atoms with Crippen LogP contribution in [0, 0.1) is 11.3 Å². The predicted molar refractivity (Wildman–Crippen MR) is 52.3 cm³/mol. The van der Waals surface area contributed by atoms with Gasteiger partial charge in [0.05, 0.1) is 12.5 Å². The van der Waals surface area contributed by atoms with Crippen molar-refractivity contribution in [1.29, 1.82) is 5.26 Å². The molecule has 2 heteroatoms. The highest BCUT2D eigenvalue weighted by atomic mass is 14.6. The Kier molecular flexibility index (Phi) is 2.67. The molecule has 1 rings (SSSR count). The molecule has 2 nitrogen and oxygen atoms in total. The summed E-state index contributed by atoms with van der Waals surface area (Å²) in [5.74, 6) is 0. The Morgan fingerprint density at radius 3 is 2.69 bits per heavy atom. The van der Waals surface area contributed by atoms with Crippen molar-refractivity contribution in [3.8, 4) is 6.07 Å². The smallest absolute Gasteiger partial charge is 0.0670 e. The first-order chi connectivity index (χ1) is 6.05. The lowest BCUT2D eigenvalue weighted by molar-refractivity contribution is 0.583. The second-order valence-corrected chi connectivity index (χ2v) is 4.12. The average Bonchev–Trinajstić information content (AvgIpc) is 2.04. The fourth-order valence-corrected chi connectivity index (χ4v) is 1.38. The molecule has 0 unspecified atom stereocenters. The summed E-state index contributed by atoms with van der Waals surface area (Å²) in [6.45, 7) is 6.43. The molecule has 0 spiro atoms. The van der Waals surface area contributed by atoms with Gasteiger partial charge in [0.2, 0.25) is 0 Å². The van der Waals surface area contributed by atoms with E-state index < -0.39 is 0 Å². The van der Waals surface area contributed by atoms with Gasteiger partial charge in [0.25, 0.3) is 0 Å². The van der Waals surface area contributed by atoms with E-state index in [9.17, 15) is 0 Å². The highest BCUT2D eigenvalue weighted by Gasteiger charge is 2.16. The first-order valence-electron chi connectivity index (χ1n) is 4.36. The van der Waals surface area contributed by atoms with Crippen LogP contribution in [0.2, 0.25) is 0 Å². The van der Waals surface area contributed by atoms with Crippen molar-refractivity contribution < 1.29 is 0 Å². The van der Waals surface area contributed by atoms with Gasteiger partial charge in [0, 0.05) is 12.4 Å². The summed E-state index contributed by atoms with van der Waals surface area (Å²) in [7, 11) is 0. The minimum atomic E-state index is 0.0924. The van der Waals surface area contributed by atoms with Crippen molar-refractivity contribution in [1.82, 2.24) is 4.98 Å². The molecule has 0 amide bonds. The Balaban J connectivity index is 3.14. The molecule has 0 N–H and O–H groups in total. The van der Waals surface area contributed by atoms with E-state index in [4.69, 9.17) is 5.26 Å². The van der Waals surface area contributed by atoms with Crippen molar-refractivity contribution in [2.75, 3.05) is 0 Å². The number of rotatable bonds is 1. The molecule has 0 aromatic carbocycles. The molecule has 0 radical (unpaired) electrons. The van der Waals surface area contributed by atoms with Crippen LogP contribution in [0.1, 0.15) is 31.9 Å². The van der Waals surface area contributed by atoms with Crippen LogP contribution in [0.5, 0.6) is 0 Å². The minimum absolute atomic E-state index is 0.0924. The van der Waals surface area contributed by atoms with Crippen LogP contribution in [0.25, 0.3) is 0 Å². The lowest BCUT2D eigenvalue weighted by Gasteiger charge is -2.21. The van der Waals surface area contributed by atoms with Gasteiger partial charge in [-0.3, -0.25) is 4.98 Å². The van der Waals surface area contributed by atoms with Crippen molar-refractivity contribution in [2.24, 2.45) is 0 Å². The highest BCUT2D eigenvalue weighted by molar-refractivity contribution is 5.31. The van der Waals surface area contributed by atoms with Gasteiger partial charge in [-0.1, -0.05) is 20.8 Å². The Morgan fingerprint density at radius 2 is 2.15 bits per heavy atom. The third kappa shape index (κ3) is 2.29. The zero-order valence-electron chi connectivity index (χ0n) is 8.33. The summed E-state index contributed by atoms with van der Waals surface area (Å²) >= 11 is 0. The first-order valence-corrected chi connectivity index (χ1v) is 4.36. The van der Waals surface area contributed by atoms with Gasteiger partial charge in [-0.25, -0.2) is 0 Å². The number of nitrogens with zero attached hydrogens (tertiary/aromatic N) is 2. The van der Waals surface area contributed by atoms with E-state index in [1.54, 1.807) is 12.4 Å². The van der Waals surface area contributed by atoms with E-state index in [2.05, 4.69) is 31.8 Å². The zero-order chi connectivity index (χ0) is 9.90. The zero-order valence-corrected chi connectivity index (χ0v) is 8.33. The molecule has 1 heterocycles. The molecule has 0 fully saturated rings. The van der Waals surface area contributed by atoms with Crippen LogP contribution < -0.4 is 0 Å². The van der Waals surface area contributed by atoms with Crippen molar-refractivity contribution in [3.05, 3.63) is 29.6 Å². The molecule has 0 saturated carbocycles. The molecule has 1 aromatic rings. The standard InChI is InChI=1S/C11H14N2/c1-11(2,3)10-5-7-13-8-9(10)4-6-12/h5,7-8H,4H2,1-3H3. The summed E-state index contributed by atoms with van der Waals surface area (Å²) < 4.78 is 0. The maximum Gasteiger partial charge on any atom is 0.0670 e. The lowest BCUT2D eigenvalue weighted by Crippen LogP contribution is -2.14. The molecule has 0 aliphatic rings. The summed E-state index contributed by atoms with van der Waals surface area (Å²) in [5.41, 5.74) is 2.34. The van der Waals surface area contributed by atoms with Crippen LogP contribution >= 0.6 is 0 Å². The van der Waals surface area contributed by atoms with Crippen molar-refractivity contribution >= 4 is 0 Å². The summed E-state index contributed by atoms with van der Waals surface area (Å²) in [6, 6.07) is 4.15. The van der Waals surface area contributed by atoms with Crippen LogP contribution in [-0.4, -0.2) is 4.98 Å². The van der Waals surface area contributed by atoms with E-state index in [0.29, 0.717) is 6.42 Å². The quantitative estimate of drug-likeness (QED) is 0.655. The number of aromatic nitrogens is 1. The third-order valence-electron chi connectivity index (χ3n) is 1.98. The molecule has 13 heavy (non-hydrogen) atoms. The summed E-state index contributed by atoms with van der Waals surface area (Å²) in [4.78, 5) is 4.03. The van der Waals surface area contributed by atoms with Gasteiger partial charge in [-0.2, -0.15) is 5.26 Å². The fourth-order valence-electron chi connectivity index (χ4n) is 1.38. The second-order valence-electron chi connectivity index (χ2n) is 4.12. The molecule has 1 aromatic heterocycles. The average molecular weight is 174 g/mol. The van der Waals surface area contributed by atoms with Crippen molar-refractivity contribution in [2.45, 2.75) is 32.6 Å². The van der Waals surface area contributed by atoms with Gasteiger partial charge < -0.3 is 0 Å². The molecular weight excluding hydrogens is 160 g/mol. The molecule has 0 aliphatic carbocycles. The van der Waals surface area contributed by atoms with Gasteiger partial charge in [-0.05, 0) is 22.6 Å². The first kappa shape index (κ1) is 9.73. The van der Waals surface area contributed by atoms with Gasteiger partial charge >= 0.3 is 0 Å². The maximum absolute atomic E-state index is 8.63. The van der Waals surface area contributed by atoms with E-state index in [1.807, 2.05) is 6.07 Å². The monoisotopic (exact) mass is 174 g/mol. The van der Waals surface area contributed by atoms with Crippen LogP contribution in [-0.2, 0) is 11.8 Å². The molecule has 0 aliphatic heterocycles. The topological polar surface area (TPSA) is 36.7 Å². The van der Waals surface area contributed by atoms with Crippen LogP contribution in [0.4, 0.5) is 0 Å². The van der Waals surface area contributed by atoms with Crippen LogP contribution in [0.15, 0.2) is 18.5 Å². The van der Waals surface area contributed by atoms with Crippen molar-refractivity contribution in [3.63, 3.8) is 0 Å². The number of nitriles is 1. The maximum atomic E-state index is 8.63. The molecule has 0 bridgehead atoms. The predicted octanol–water partition coefficient (Wildman–Crippen LogP) is 2.45. The van der Waals surface area contributed by atoms with Gasteiger partial charge in [0.1, 0.15) is 0 Å². The Labute approximate surface area is 79.2 Å². The Hall–Kier alpha value is -1.36. The lowest BCUT2D eigenvalue weighted by atomic mass is 9.84.